The lowest BCUT2D eigenvalue weighted by atomic mass is 10.0. The minimum absolute atomic E-state index is 0.545. The molecule has 1 aliphatic rings. The summed E-state index contributed by atoms with van der Waals surface area (Å²) in [5.74, 6) is 0.632. The Hall–Kier alpha value is -0.540. The molecule has 0 heterocycles. The van der Waals surface area contributed by atoms with Gasteiger partial charge in [0.15, 0.2) is 0 Å². The Labute approximate surface area is 106 Å². The number of hydrogen-bond acceptors (Lipinski definition) is 2. The maximum absolute atomic E-state index is 5.79. The molecular formula is C13H19BrN2. The van der Waals surface area contributed by atoms with E-state index in [1.165, 1.54) is 35.0 Å². The molecule has 2 atom stereocenters. The molecule has 3 heteroatoms. The highest BCUT2D eigenvalue weighted by molar-refractivity contribution is 9.10. The first-order valence-corrected chi connectivity index (χ1v) is 6.73. The van der Waals surface area contributed by atoms with Crippen LogP contribution in [0.2, 0.25) is 0 Å². The van der Waals surface area contributed by atoms with Crippen molar-refractivity contribution in [3.05, 3.63) is 28.2 Å². The fraction of sp³-hybridized carbons (Fsp3) is 0.538. The van der Waals surface area contributed by atoms with Crippen LogP contribution in [0.4, 0.5) is 5.69 Å². The highest BCUT2D eigenvalue weighted by atomic mass is 79.9. The number of aryl methyl sites for hydroxylation is 1. The van der Waals surface area contributed by atoms with Gasteiger partial charge in [-0.15, -0.1) is 0 Å². The second-order valence-electron chi connectivity index (χ2n) is 4.61. The van der Waals surface area contributed by atoms with E-state index in [1.807, 2.05) is 0 Å². The summed E-state index contributed by atoms with van der Waals surface area (Å²) >= 11 is 3.64. The molecule has 1 aliphatic carbocycles. The van der Waals surface area contributed by atoms with Gasteiger partial charge in [-0.25, -0.2) is 0 Å². The van der Waals surface area contributed by atoms with Crippen molar-refractivity contribution in [2.75, 3.05) is 11.9 Å². The minimum atomic E-state index is 0.545. The molecule has 2 rings (SSSR count). The molecule has 88 valence electrons. The van der Waals surface area contributed by atoms with Gasteiger partial charge in [-0.1, -0.05) is 18.6 Å². The van der Waals surface area contributed by atoms with Gasteiger partial charge in [-0.2, -0.15) is 0 Å². The van der Waals surface area contributed by atoms with Crippen LogP contribution >= 0.6 is 15.9 Å². The predicted molar refractivity (Wildman–Crippen MR) is 72.7 cm³/mol. The number of nitrogens with one attached hydrogen (secondary N) is 1. The lowest BCUT2D eigenvalue weighted by Crippen LogP contribution is -2.29. The van der Waals surface area contributed by atoms with E-state index < -0.39 is 0 Å². The third kappa shape index (κ3) is 2.41. The summed E-state index contributed by atoms with van der Waals surface area (Å²) in [6.45, 7) is 2.91. The van der Waals surface area contributed by atoms with Gasteiger partial charge < -0.3 is 11.1 Å². The summed E-state index contributed by atoms with van der Waals surface area (Å²) in [5.41, 5.74) is 8.26. The topological polar surface area (TPSA) is 38.0 Å². The largest absolute Gasteiger partial charge is 0.381 e. The lowest BCUT2D eigenvalue weighted by Gasteiger charge is -2.22. The van der Waals surface area contributed by atoms with Gasteiger partial charge in [0.1, 0.15) is 0 Å². The fourth-order valence-electron chi connectivity index (χ4n) is 2.47. The molecule has 16 heavy (non-hydrogen) atoms. The summed E-state index contributed by atoms with van der Waals surface area (Å²) < 4.78 is 1.18. The van der Waals surface area contributed by atoms with Crippen LogP contribution in [0.15, 0.2) is 22.7 Å². The maximum Gasteiger partial charge on any atom is 0.0489 e. The van der Waals surface area contributed by atoms with Crippen molar-refractivity contribution in [1.29, 1.82) is 0 Å². The number of benzene rings is 1. The molecule has 1 aromatic carbocycles. The summed E-state index contributed by atoms with van der Waals surface area (Å²) in [6, 6.07) is 6.88. The van der Waals surface area contributed by atoms with E-state index in [0.717, 1.165) is 6.54 Å². The molecule has 0 radical (unpaired) electrons. The molecule has 0 saturated heterocycles. The van der Waals surface area contributed by atoms with Crippen molar-refractivity contribution >= 4 is 21.6 Å². The van der Waals surface area contributed by atoms with Crippen molar-refractivity contribution < 1.29 is 0 Å². The first-order valence-electron chi connectivity index (χ1n) is 5.94. The summed E-state index contributed by atoms with van der Waals surface area (Å²) in [5, 5.41) is 3.62. The third-order valence-electron chi connectivity index (χ3n) is 3.49. The molecule has 0 amide bonds. The van der Waals surface area contributed by atoms with Gasteiger partial charge in [0, 0.05) is 16.2 Å². The summed E-state index contributed by atoms with van der Waals surface area (Å²) in [7, 11) is 0. The van der Waals surface area contributed by atoms with E-state index in [9.17, 15) is 0 Å². The Bertz CT molecular complexity index is 365. The van der Waals surface area contributed by atoms with Crippen LogP contribution in [-0.2, 0) is 0 Å². The van der Waals surface area contributed by atoms with Gasteiger partial charge in [-0.05, 0) is 59.8 Å². The van der Waals surface area contributed by atoms with Gasteiger partial charge in [0.05, 0.1) is 0 Å². The summed E-state index contributed by atoms with van der Waals surface area (Å²) in [4.78, 5) is 0. The zero-order valence-electron chi connectivity index (χ0n) is 9.67. The van der Waals surface area contributed by atoms with Gasteiger partial charge >= 0.3 is 0 Å². The molecule has 0 aliphatic heterocycles. The maximum atomic E-state index is 5.79. The minimum Gasteiger partial charge on any atom is -0.381 e. The fourth-order valence-corrected chi connectivity index (χ4v) is 2.85. The Kier molecular flexibility index (Phi) is 3.87. The molecule has 2 unspecified atom stereocenters. The molecule has 0 spiro atoms. The zero-order chi connectivity index (χ0) is 11.5. The Morgan fingerprint density at radius 3 is 3.00 bits per heavy atom. The Morgan fingerprint density at radius 1 is 1.44 bits per heavy atom. The molecule has 0 bridgehead atoms. The van der Waals surface area contributed by atoms with E-state index in [2.05, 4.69) is 46.4 Å². The molecular weight excluding hydrogens is 264 g/mol. The quantitative estimate of drug-likeness (QED) is 0.893. The number of halogens is 1. The molecule has 1 fully saturated rings. The van der Waals surface area contributed by atoms with Crippen LogP contribution in [0.5, 0.6) is 0 Å². The van der Waals surface area contributed by atoms with Crippen molar-refractivity contribution in [1.82, 2.24) is 0 Å². The Morgan fingerprint density at radius 2 is 2.25 bits per heavy atom. The van der Waals surface area contributed by atoms with Crippen LogP contribution in [0, 0.1) is 12.8 Å². The van der Waals surface area contributed by atoms with E-state index in [1.54, 1.807) is 0 Å². The van der Waals surface area contributed by atoms with Crippen LogP contribution in [0.1, 0.15) is 24.8 Å². The number of nitrogens with two attached hydrogens (primary N) is 1. The molecule has 3 N–H and O–H groups in total. The third-order valence-corrected chi connectivity index (χ3v) is 4.55. The average molecular weight is 283 g/mol. The average Bonchev–Trinajstić information content (AvgIpc) is 2.72. The van der Waals surface area contributed by atoms with Gasteiger partial charge in [-0.3, -0.25) is 0 Å². The highest BCUT2D eigenvalue weighted by Crippen LogP contribution is 2.32. The van der Waals surface area contributed by atoms with Crippen LogP contribution in [0.25, 0.3) is 0 Å². The number of rotatable bonds is 3. The van der Waals surface area contributed by atoms with Crippen LogP contribution in [0.3, 0.4) is 0 Å². The molecule has 0 aromatic heterocycles. The zero-order valence-corrected chi connectivity index (χ0v) is 11.3. The molecule has 1 saturated carbocycles. The van der Waals surface area contributed by atoms with Crippen molar-refractivity contribution in [2.45, 2.75) is 32.2 Å². The van der Waals surface area contributed by atoms with E-state index in [4.69, 9.17) is 5.73 Å². The smallest absolute Gasteiger partial charge is 0.0489 e. The summed E-state index contributed by atoms with van der Waals surface area (Å²) in [6.07, 6.45) is 3.79. The van der Waals surface area contributed by atoms with Crippen molar-refractivity contribution in [3.8, 4) is 0 Å². The van der Waals surface area contributed by atoms with Crippen molar-refractivity contribution in [3.63, 3.8) is 0 Å². The van der Waals surface area contributed by atoms with Gasteiger partial charge in [0.2, 0.25) is 0 Å². The van der Waals surface area contributed by atoms with E-state index in [0.29, 0.717) is 12.0 Å². The molecule has 2 nitrogen and oxygen atoms in total. The Balaban J connectivity index is 2.11. The molecule has 1 aromatic rings. The number of anilines is 1. The second kappa shape index (κ2) is 5.19. The first-order chi connectivity index (χ1) is 7.72. The standard InChI is InChI=1S/C13H19BrN2/c1-9-4-2-7-12(13(9)14)16-11-6-3-5-10(11)8-15/h2,4,7,10-11,16H,3,5-6,8,15H2,1H3. The normalized spacial score (nSPS) is 24.7. The first kappa shape index (κ1) is 11.9. The highest BCUT2D eigenvalue weighted by Gasteiger charge is 2.26. The van der Waals surface area contributed by atoms with Crippen LogP contribution < -0.4 is 11.1 Å². The van der Waals surface area contributed by atoms with E-state index in [-0.39, 0.29) is 0 Å². The lowest BCUT2D eigenvalue weighted by molar-refractivity contribution is 0.516. The number of hydrogen-bond donors (Lipinski definition) is 2. The SMILES string of the molecule is Cc1cccc(NC2CCCC2CN)c1Br. The van der Waals surface area contributed by atoms with Crippen molar-refractivity contribution in [2.24, 2.45) is 11.7 Å². The second-order valence-corrected chi connectivity index (χ2v) is 5.41. The van der Waals surface area contributed by atoms with Gasteiger partial charge in [0.25, 0.3) is 0 Å². The monoisotopic (exact) mass is 282 g/mol. The predicted octanol–water partition coefficient (Wildman–Crippen LogP) is 3.30. The van der Waals surface area contributed by atoms with Crippen LogP contribution in [-0.4, -0.2) is 12.6 Å². The van der Waals surface area contributed by atoms with E-state index >= 15 is 0 Å².